The molecule has 34 heavy (non-hydrogen) atoms. The van der Waals surface area contributed by atoms with Gasteiger partial charge in [-0.3, -0.25) is 10.1 Å². The lowest BCUT2D eigenvalue weighted by Gasteiger charge is -2.34. The Bertz CT molecular complexity index is 1130. The van der Waals surface area contributed by atoms with Crippen LogP contribution in [0, 0.1) is 0 Å². The molecule has 1 aliphatic carbocycles. The molecule has 1 fully saturated rings. The summed E-state index contributed by atoms with van der Waals surface area (Å²) in [5.74, 6) is -0.918. The van der Waals surface area contributed by atoms with Crippen LogP contribution in [0.1, 0.15) is 37.7 Å². The summed E-state index contributed by atoms with van der Waals surface area (Å²) in [6.45, 7) is 1.39. The number of carbonyl (C=O) groups is 2. The molecule has 1 saturated carbocycles. The normalized spacial score (nSPS) is 14.4. The molecule has 1 aromatic carbocycles. The van der Waals surface area contributed by atoms with E-state index in [1.807, 2.05) is 23.1 Å². The molecule has 1 aliphatic rings. The van der Waals surface area contributed by atoms with Gasteiger partial charge in [0.15, 0.2) is 5.13 Å². The maximum atomic E-state index is 13.1. The van der Waals surface area contributed by atoms with E-state index in [1.54, 1.807) is 17.5 Å². The van der Waals surface area contributed by atoms with Gasteiger partial charge >= 0.3 is 12.0 Å². The first-order valence-corrected chi connectivity index (χ1v) is 14.2. The van der Waals surface area contributed by atoms with Crippen molar-refractivity contribution in [1.29, 1.82) is 0 Å². The van der Waals surface area contributed by atoms with Crippen molar-refractivity contribution in [2.75, 3.05) is 24.2 Å². The minimum absolute atomic E-state index is 0.0350. The fourth-order valence-electron chi connectivity index (χ4n) is 4.03. The zero-order valence-electron chi connectivity index (χ0n) is 18.5. The summed E-state index contributed by atoms with van der Waals surface area (Å²) in [6.07, 6.45) is 7.00. The molecular weight excluding hydrogens is 514 g/mol. The lowest BCUT2D eigenvalue weighted by atomic mass is 9.94. The lowest BCUT2D eigenvalue weighted by molar-refractivity contribution is -0.133. The van der Waals surface area contributed by atoms with Gasteiger partial charge in [0.05, 0.1) is 29.4 Å². The molecule has 0 saturated heterocycles. The van der Waals surface area contributed by atoms with Crippen molar-refractivity contribution in [3.63, 3.8) is 0 Å². The third-order valence-electron chi connectivity index (χ3n) is 5.66. The number of thioether (sulfide) groups is 1. The van der Waals surface area contributed by atoms with Gasteiger partial charge in [0.1, 0.15) is 0 Å². The number of aliphatic carboxylic acids is 1. The minimum atomic E-state index is -0.883. The number of hydrogen-bond acceptors (Lipinski definition) is 7. The van der Waals surface area contributed by atoms with Crippen LogP contribution in [-0.4, -0.2) is 51.9 Å². The van der Waals surface area contributed by atoms with E-state index in [4.69, 9.17) is 21.4 Å². The Morgan fingerprint density at radius 1 is 1.29 bits per heavy atom. The predicted octanol–water partition coefficient (Wildman–Crippen LogP) is 6.57. The number of fused-ring (bicyclic) bond motifs is 1. The van der Waals surface area contributed by atoms with E-state index in [0.29, 0.717) is 29.9 Å². The number of anilines is 1. The summed E-state index contributed by atoms with van der Waals surface area (Å²) in [5, 5.41) is 16.1. The molecular formula is C23H26ClN3O4S3. The highest BCUT2D eigenvalue weighted by molar-refractivity contribution is 8.01. The van der Waals surface area contributed by atoms with Gasteiger partial charge in [-0.2, -0.15) is 0 Å². The van der Waals surface area contributed by atoms with Crippen molar-refractivity contribution in [1.82, 2.24) is 9.88 Å². The third-order valence-corrected chi connectivity index (χ3v) is 9.00. The largest absolute Gasteiger partial charge is 0.481 e. The number of benzene rings is 1. The standard InChI is InChI=1S/C23H26ClN3O4S3/c24-16-6-7-19-18(10-16)15(13-32-19)12-31-9-8-27(17-4-2-1-3-5-17)23(30)26-22-25-11-21(34-22)33-14-20(28)29/h6-7,10-11,13,17H,1-5,8-9,12,14H2,(H,28,29)(H,25,26,30). The van der Waals surface area contributed by atoms with Gasteiger partial charge in [-0.25, -0.2) is 9.78 Å². The predicted molar refractivity (Wildman–Crippen MR) is 140 cm³/mol. The molecule has 0 bridgehead atoms. The highest BCUT2D eigenvalue weighted by Gasteiger charge is 2.26. The molecule has 0 atom stereocenters. The molecule has 4 rings (SSSR count). The van der Waals surface area contributed by atoms with E-state index in [9.17, 15) is 9.59 Å². The maximum Gasteiger partial charge on any atom is 0.323 e. The Kier molecular flexibility index (Phi) is 9.07. The first-order valence-electron chi connectivity index (χ1n) is 11.1. The quantitative estimate of drug-likeness (QED) is 0.223. The highest BCUT2D eigenvalue weighted by atomic mass is 35.5. The summed E-state index contributed by atoms with van der Waals surface area (Å²) in [4.78, 5) is 30.0. The van der Waals surface area contributed by atoms with Crippen molar-refractivity contribution in [2.45, 2.75) is 49.0 Å². The zero-order chi connectivity index (χ0) is 23.9. The van der Waals surface area contributed by atoms with Gasteiger partial charge in [-0.15, -0.1) is 23.1 Å². The number of halogens is 1. The first kappa shape index (κ1) is 25.2. The Morgan fingerprint density at radius 2 is 2.12 bits per heavy atom. The molecule has 3 aromatic rings. The average Bonchev–Trinajstić information content (AvgIpc) is 3.44. The second-order valence-corrected chi connectivity index (χ2v) is 11.7. The number of urea groups is 1. The third kappa shape index (κ3) is 6.85. The summed E-state index contributed by atoms with van der Waals surface area (Å²) < 4.78 is 7.91. The Morgan fingerprint density at radius 3 is 2.91 bits per heavy atom. The smallest absolute Gasteiger partial charge is 0.323 e. The molecule has 0 spiro atoms. The summed E-state index contributed by atoms with van der Waals surface area (Å²) >= 11 is 10.3. The number of carboxylic acid groups (broad SMARTS) is 1. The number of amides is 2. The number of nitrogens with one attached hydrogen (secondary N) is 1. The molecule has 2 aromatic heterocycles. The van der Waals surface area contributed by atoms with Crippen molar-refractivity contribution < 1.29 is 19.4 Å². The minimum Gasteiger partial charge on any atom is -0.481 e. The summed E-state index contributed by atoms with van der Waals surface area (Å²) in [7, 11) is 0. The number of thiazole rings is 1. The van der Waals surface area contributed by atoms with Crippen LogP contribution in [0.3, 0.4) is 0 Å². The van der Waals surface area contributed by atoms with Crippen LogP contribution in [0.25, 0.3) is 10.1 Å². The average molecular weight is 540 g/mol. The summed E-state index contributed by atoms with van der Waals surface area (Å²) in [6, 6.07) is 5.87. The van der Waals surface area contributed by atoms with Crippen LogP contribution in [0.5, 0.6) is 0 Å². The van der Waals surface area contributed by atoms with Gasteiger partial charge in [0, 0.05) is 22.3 Å². The Labute approximate surface area is 215 Å². The molecule has 2 heterocycles. The van der Waals surface area contributed by atoms with Gasteiger partial charge in [-0.05, 0) is 47.4 Å². The number of thiophene rings is 1. The van der Waals surface area contributed by atoms with E-state index in [2.05, 4.69) is 15.7 Å². The molecule has 0 unspecified atom stereocenters. The van der Waals surface area contributed by atoms with Gasteiger partial charge < -0.3 is 14.7 Å². The van der Waals surface area contributed by atoms with Crippen LogP contribution >= 0.6 is 46.0 Å². The number of nitrogens with zero attached hydrogens (tertiary/aromatic N) is 2. The topological polar surface area (TPSA) is 91.8 Å². The Hall–Kier alpha value is -1.85. The van der Waals surface area contributed by atoms with Crippen molar-refractivity contribution in [3.8, 4) is 0 Å². The number of ether oxygens (including phenoxy) is 1. The number of hydrogen-bond donors (Lipinski definition) is 2. The fourth-order valence-corrected chi connectivity index (χ4v) is 6.72. The van der Waals surface area contributed by atoms with Crippen LogP contribution in [0.4, 0.5) is 9.93 Å². The van der Waals surface area contributed by atoms with Crippen molar-refractivity contribution in [3.05, 3.63) is 40.4 Å². The first-order chi connectivity index (χ1) is 16.5. The monoisotopic (exact) mass is 539 g/mol. The molecule has 0 aliphatic heterocycles. The Balaban J connectivity index is 1.34. The van der Waals surface area contributed by atoms with Crippen LogP contribution in [0.15, 0.2) is 34.0 Å². The van der Waals surface area contributed by atoms with Crippen LogP contribution < -0.4 is 5.32 Å². The number of aromatic nitrogens is 1. The van der Waals surface area contributed by atoms with E-state index in [1.165, 1.54) is 34.2 Å². The highest BCUT2D eigenvalue weighted by Crippen LogP contribution is 2.30. The molecule has 0 radical (unpaired) electrons. The number of carbonyl (C=O) groups excluding carboxylic acids is 1. The van der Waals surface area contributed by atoms with Crippen LogP contribution in [-0.2, 0) is 16.1 Å². The second-order valence-electron chi connectivity index (χ2n) is 8.04. The number of rotatable bonds is 10. The molecule has 7 nitrogen and oxygen atoms in total. The van der Waals surface area contributed by atoms with Gasteiger partial charge in [0.25, 0.3) is 0 Å². The molecule has 2 N–H and O–H groups in total. The fraction of sp³-hybridized carbons (Fsp3) is 0.435. The van der Waals surface area contributed by atoms with Crippen molar-refractivity contribution in [2.24, 2.45) is 0 Å². The lowest BCUT2D eigenvalue weighted by Crippen LogP contribution is -2.45. The van der Waals surface area contributed by atoms with Gasteiger partial charge in [-0.1, -0.05) is 42.2 Å². The SMILES string of the molecule is O=C(O)CSc1cnc(NC(=O)N(CCOCc2csc3ccc(Cl)cc23)C2CCCCC2)s1. The van der Waals surface area contributed by atoms with Crippen molar-refractivity contribution >= 4 is 73.3 Å². The van der Waals surface area contributed by atoms with E-state index in [0.717, 1.165) is 40.8 Å². The van der Waals surface area contributed by atoms with Gasteiger partial charge in [0.2, 0.25) is 0 Å². The van der Waals surface area contributed by atoms with Crippen LogP contribution in [0.2, 0.25) is 5.02 Å². The molecule has 11 heteroatoms. The second kappa shape index (κ2) is 12.2. The zero-order valence-corrected chi connectivity index (χ0v) is 21.7. The summed E-state index contributed by atoms with van der Waals surface area (Å²) in [5.41, 5.74) is 1.10. The molecule has 2 amide bonds. The van der Waals surface area contributed by atoms with E-state index in [-0.39, 0.29) is 17.8 Å². The molecule has 182 valence electrons. The van der Waals surface area contributed by atoms with E-state index >= 15 is 0 Å². The maximum absolute atomic E-state index is 13.1. The number of carboxylic acids is 1. The van der Waals surface area contributed by atoms with E-state index < -0.39 is 5.97 Å².